The molecule has 0 saturated carbocycles. The van der Waals surface area contributed by atoms with Crippen molar-refractivity contribution in [1.29, 1.82) is 0 Å². The smallest absolute Gasteiger partial charge is 0.329 e. The molecular weight excluding hydrogens is 380 g/mol. The third-order valence-corrected chi connectivity index (χ3v) is 4.69. The van der Waals surface area contributed by atoms with E-state index in [9.17, 15) is 23.2 Å². The number of amides is 4. The summed E-state index contributed by atoms with van der Waals surface area (Å²) in [5, 5.41) is 2.30. The van der Waals surface area contributed by atoms with Crippen LogP contribution in [0.4, 0.5) is 19.3 Å². The summed E-state index contributed by atoms with van der Waals surface area (Å²) >= 11 is 0. The number of rotatable bonds is 3. The molecule has 0 unspecified atom stereocenters. The minimum Gasteiger partial charge on any atom is -0.368 e. The van der Waals surface area contributed by atoms with Gasteiger partial charge in [-0.25, -0.2) is 18.5 Å². The third-order valence-electron chi connectivity index (χ3n) is 4.69. The molecule has 0 aromatic heterocycles. The average molecular weight is 397 g/mol. The highest BCUT2D eigenvalue weighted by Crippen LogP contribution is 2.30. The van der Waals surface area contributed by atoms with E-state index in [1.807, 2.05) is 6.07 Å². The van der Waals surface area contributed by atoms with E-state index in [2.05, 4.69) is 17.2 Å². The van der Waals surface area contributed by atoms with Crippen LogP contribution in [0.2, 0.25) is 0 Å². The number of primary amides is 1. The van der Waals surface area contributed by atoms with Gasteiger partial charge in [0.25, 0.3) is 0 Å². The summed E-state index contributed by atoms with van der Waals surface area (Å²) in [6.07, 6.45) is -0.439. The highest BCUT2D eigenvalue weighted by molar-refractivity contribution is 6.19. The summed E-state index contributed by atoms with van der Waals surface area (Å²) < 4.78 is 29.3. The molecule has 8 heteroatoms. The lowest BCUT2D eigenvalue weighted by molar-refractivity contribution is -0.130. The minimum atomic E-state index is -1.58. The van der Waals surface area contributed by atoms with Crippen molar-refractivity contribution in [3.05, 3.63) is 65.2 Å². The molecule has 2 aromatic carbocycles. The first-order valence-corrected chi connectivity index (χ1v) is 8.78. The lowest BCUT2D eigenvalue weighted by Crippen LogP contribution is -2.67. The topological polar surface area (TPSA) is 92.5 Å². The number of carbonyl (C=O) groups is 3. The van der Waals surface area contributed by atoms with Crippen molar-refractivity contribution >= 4 is 23.5 Å². The fraction of sp³-hybridized carbons (Fsp3) is 0.190. The number of hydrogen-bond acceptors (Lipinski definition) is 3. The lowest BCUT2D eigenvalue weighted by atomic mass is 9.88. The predicted octanol–water partition coefficient (Wildman–Crippen LogP) is 2.44. The quantitative estimate of drug-likeness (QED) is 0.780. The van der Waals surface area contributed by atoms with E-state index in [-0.39, 0.29) is 12.0 Å². The van der Waals surface area contributed by atoms with Crippen molar-refractivity contribution in [2.75, 3.05) is 4.90 Å². The molecule has 148 valence electrons. The molecule has 3 rings (SSSR count). The average Bonchev–Trinajstić information content (AvgIpc) is 2.68. The molecule has 1 aliphatic heterocycles. The Morgan fingerprint density at radius 1 is 1.14 bits per heavy atom. The second kappa shape index (κ2) is 7.72. The molecule has 1 heterocycles. The van der Waals surface area contributed by atoms with E-state index < -0.39 is 47.1 Å². The van der Waals surface area contributed by atoms with E-state index in [4.69, 9.17) is 5.73 Å². The Labute approximate surface area is 165 Å². The second-order valence-electron chi connectivity index (χ2n) is 6.54. The molecule has 0 bridgehead atoms. The number of nitrogens with two attached hydrogens (primary N) is 1. The van der Waals surface area contributed by atoms with Gasteiger partial charge in [-0.3, -0.25) is 9.59 Å². The van der Waals surface area contributed by atoms with E-state index in [1.165, 1.54) is 0 Å². The van der Waals surface area contributed by atoms with Crippen LogP contribution >= 0.6 is 0 Å². The van der Waals surface area contributed by atoms with Crippen molar-refractivity contribution in [3.8, 4) is 11.8 Å². The van der Waals surface area contributed by atoms with Crippen LogP contribution in [0, 0.1) is 23.5 Å². The molecule has 1 fully saturated rings. The number of halogens is 2. The molecule has 6 nitrogen and oxygen atoms in total. The summed E-state index contributed by atoms with van der Waals surface area (Å²) in [5.41, 5.74) is 3.58. The maximum absolute atomic E-state index is 14.6. The van der Waals surface area contributed by atoms with Crippen LogP contribution in [0.3, 0.4) is 0 Å². The van der Waals surface area contributed by atoms with Gasteiger partial charge in [0, 0.05) is 11.1 Å². The van der Waals surface area contributed by atoms with Crippen molar-refractivity contribution in [2.45, 2.75) is 25.3 Å². The minimum absolute atomic E-state index is 0.0394. The summed E-state index contributed by atoms with van der Waals surface area (Å²) in [6, 6.07) is 9.59. The van der Waals surface area contributed by atoms with Crippen LogP contribution in [0.5, 0.6) is 0 Å². The molecule has 3 N–H and O–H groups in total. The van der Waals surface area contributed by atoms with Crippen molar-refractivity contribution < 1.29 is 23.2 Å². The first-order valence-electron chi connectivity index (χ1n) is 8.78. The van der Waals surface area contributed by atoms with Crippen LogP contribution in [-0.2, 0) is 9.59 Å². The SMILES string of the molecule is CC[C@@]1(C(N)=O)CC(=O)N(c2c(F)cc(C#Cc3ccccc3)cc2F)C(=O)N1. The van der Waals surface area contributed by atoms with Gasteiger partial charge in [0.1, 0.15) is 11.2 Å². The number of hydrogen-bond donors (Lipinski definition) is 2. The number of urea groups is 1. The van der Waals surface area contributed by atoms with Gasteiger partial charge in [0.15, 0.2) is 11.6 Å². The van der Waals surface area contributed by atoms with Gasteiger partial charge in [0.2, 0.25) is 11.8 Å². The Morgan fingerprint density at radius 3 is 2.24 bits per heavy atom. The number of benzene rings is 2. The van der Waals surface area contributed by atoms with E-state index >= 15 is 0 Å². The van der Waals surface area contributed by atoms with Crippen molar-refractivity contribution in [2.24, 2.45) is 5.73 Å². The zero-order chi connectivity index (χ0) is 21.2. The largest absolute Gasteiger partial charge is 0.368 e. The molecule has 0 radical (unpaired) electrons. The summed E-state index contributed by atoms with van der Waals surface area (Å²) in [4.78, 5) is 36.9. The Balaban J connectivity index is 1.94. The molecular formula is C21H17F2N3O3. The van der Waals surface area contributed by atoms with Crippen LogP contribution in [0.1, 0.15) is 30.9 Å². The fourth-order valence-electron chi connectivity index (χ4n) is 3.03. The molecule has 4 amide bonds. The first-order chi connectivity index (χ1) is 13.8. The van der Waals surface area contributed by atoms with Gasteiger partial charge < -0.3 is 11.1 Å². The second-order valence-corrected chi connectivity index (χ2v) is 6.54. The first kappa shape index (κ1) is 20.0. The number of nitrogens with zero attached hydrogens (tertiary/aromatic N) is 1. The Kier molecular flexibility index (Phi) is 5.33. The highest BCUT2D eigenvalue weighted by Gasteiger charge is 2.47. The monoisotopic (exact) mass is 397 g/mol. The van der Waals surface area contributed by atoms with Crippen molar-refractivity contribution in [1.82, 2.24) is 5.32 Å². The molecule has 29 heavy (non-hydrogen) atoms. The maximum Gasteiger partial charge on any atom is 0.329 e. The Hall–Kier alpha value is -3.73. The normalized spacial score (nSPS) is 18.7. The standard InChI is InChI=1S/C21H17F2N3O3/c1-2-21(19(24)28)12-17(27)26(20(29)25-21)18-15(22)10-14(11-16(18)23)9-8-13-6-4-3-5-7-13/h3-7,10-11H,2,12H2,1H3,(H2,24,28)(H,25,29)/t21-/m0/s1. The van der Waals surface area contributed by atoms with Crippen LogP contribution in [-0.4, -0.2) is 23.4 Å². The van der Waals surface area contributed by atoms with Gasteiger partial charge in [0.05, 0.1) is 6.42 Å². The maximum atomic E-state index is 14.6. The van der Waals surface area contributed by atoms with Crippen LogP contribution in [0.25, 0.3) is 0 Å². The summed E-state index contributed by atoms with van der Waals surface area (Å²) in [6.45, 7) is 1.56. The van der Waals surface area contributed by atoms with Gasteiger partial charge in [-0.05, 0) is 30.7 Å². The highest BCUT2D eigenvalue weighted by atomic mass is 19.1. The number of imide groups is 1. The number of nitrogens with one attached hydrogen (secondary N) is 1. The number of anilines is 1. The van der Waals surface area contributed by atoms with E-state index in [0.717, 1.165) is 12.1 Å². The molecule has 1 atom stereocenters. The van der Waals surface area contributed by atoms with Gasteiger partial charge >= 0.3 is 6.03 Å². The molecule has 0 aliphatic carbocycles. The molecule has 0 spiro atoms. The Morgan fingerprint density at radius 2 is 1.72 bits per heavy atom. The number of carbonyl (C=O) groups excluding carboxylic acids is 3. The Bertz CT molecular complexity index is 1020. The molecule has 2 aromatic rings. The zero-order valence-electron chi connectivity index (χ0n) is 15.5. The molecule has 1 aliphatic rings. The van der Waals surface area contributed by atoms with E-state index in [1.54, 1.807) is 31.2 Å². The van der Waals surface area contributed by atoms with Gasteiger partial charge in [-0.15, -0.1) is 0 Å². The zero-order valence-corrected chi connectivity index (χ0v) is 15.5. The fourth-order valence-corrected chi connectivity index (χ4v) is 3.03. The van der Waals surface area contributed by atoms with Crippen LogP contribution in [0.15, 0.2) is 42.5 Å². The molecule has 1 saturated heterocycles. The predicted molar refractivity (Wildman–Crippen MR) is 102 cm³/mol. The van der Waals surface area contributed by atoms with Crippen LogP contribution < -0.4 is 16.0 Å². The summed E-state index contributed by atoms with van der Waals surface area (Å²) in [5.74, 6) is 1.31. The van der Waals surface area contributed by atoms with E-state index in [0.29, 0.717) is 10.5 Å². The summed E-state index contributed by atoms with van der Waals surface area (Å²) in [7, 11) is 0. The van der Waals surface area contributed by atoms with Crippen molar-refractivity contribution in [3.63, 3.8) is 0 Å². The van der Waals surface area contributed by atoms with Gasteiger partial charge in [-0.2, -0.15) is 0 Å². The van der Waals surface area contributed by atoms with Gasteiger partial charge in [-0.1, -0.05) is 37.0 Å². The lowest BCUT2D eigenvalue weighted by Gasteiger charge is -2.38. The third kappa shape index (κ3) is 3.80.